The Morgan fingerprint density at radius 1 is 1.12 bits per heavy atom. The molecule has 0 spiro atoms. The number of halogens is 1. The topological polar surface area (TPSA) is 37.3 Å². The number of nitrogens with zero attached hydrogens (tertiary/aromatic N) is 2. The third-order valence-electron chi connectivity index (χ3n) is 8.18. The van der Waals surface area contributed by atoms with Gasteiger partial charge in [-0.1, -0.05) is 25.3 Å². The van der Waals surface area contributed by atoms with E-state index in [2.05, 4.69) is 34.1 Å². The van der Waals surface area contributed by atoms with Crippen molar-refractivity contribution in [2.75, 3.05) is 20.1 Å². The molecule has 2 aliphatic carbocycles. The molecule has 5 rings (SSSR count). The Hall–Kier alpha value is -2.40. The van der Waals surface area contributed by atoms with Crippen LogP contribution in [0.25, 0.3) is 18.0 Å². The van der Waals surface area contributed by atoms with Crippen molar-refractivity contribution in [3.05, 3.63) is 51.9 Å². The van der Waals surface area contributed by atoms with Gasteiger partial charge in [0.05, 0.1) is 11.0 Å². The Kier molecular flexibility index (Phi) is 6.68. The number of nitrogens with one attached hydrogen (secondary N) is 1. The summed E-state index contributed by atoms with van der Waals surface area (Å²) < 4.78 is 15.8. The van der Waals surface area contributed by atoms with Gasteiger partial charge >= 0.3 is 0 Å². The maximum absolute atomic E-state index is 13.7. The number of aldehydes is 1. The molecule has 0 saturated heterocycles. The van der Waals surface area contributed by atoms with Crippen molar-refractivity contribution in [1.29, 1.82) is 0 Å². The Labute approximate surface area is 196 Å². The molecule has 4 nitrogen and oxygen atoms in total. The van der Waals surface area contributed by atoms with E-state index in [0.29, 0.717) is 17.5 Å². The molecule has 0 radical (unpaired) electrons. The molecule has 0 amide bonds. The van der Waals surface area contributed by atoms with Gasteiger partial charge in [-0.2, -0.15) is 0 Å². The van der Waals surface area contributed by atoms with Crippen LogP contribution < -0.4 is 15.9 Å². The highest BCUT2D eigenvalue weighted by molar-refractivity contribution is 5.81. The second kappa shape index (κ2) is 9.84. The number of carbonyl (C=O) groups is 1. The van der Waals surface area contributed by atoms with E-state index in [1.807, 2.05) is 6.20 Å². The van der Waals surface area contributed by atoms with Crippen LogP contribution in [-0.4, -0.2) is 41.9 Å². The predicted octanol–water partition coefficient (Wildman–Crippen LogP) is 4.09. The molecule has 33 heavy (non-hydrogen) atoms. The van der Waals surface area contributed by atoms with Crippen molar-refractivity contribution < 1.29 is 9.18 Å². The first-order chi connectivity index (χ1) is 16.1. The average molecular weight is 450 g/mol. The first-order valence-corrected chi connectivity index (χ1v) is 12.7. The molecule has 1 N–H and O–H groups in total. The van der Waals surface area contributed by atoms with E-state index in [1.165, 1.54) is 87.2 Å². The van der Waals surface area contributed by atoms with Crippen molar-refractivity contribution in [1.82, 2.24) is 14.8 Å². The van der Waals surface area contributed by atoms with Crippen LogP contribution >= 0.6 is 0 Å². The predicted molar refractivity (Wildman–Crippen MR) is 131 cm³/mol. The zero-order valence-electron chi connectivity index (χ0n) is 19.7. The van der Waals surface area contributed by atoms with E-state index >= 15 is 0 Å². The Balaban J connectivity index is 1.35. The largest absolute Gasteiger partial charge is 0.386 e. The van der Waals surface area contributed by atoms with Crippen molar-refractivity contribution in [2.24, 2.45) is 5.92 Å². The van der Waals surface area contributed by atoms with Crippen molar-refractivity contribution >= 4 is 18.6 Å². The number of hydrogen-bond donors (Lipinski definition) is 1. The summed E-state index contributed by atoms with van der Waals surface area (Å²) in [6.07, 6.45) is 19.2. The molecular weight excluding hydrogens is 413 g/mol. The van der Waals surface area contributed by atoms with Crippen molar-refractivity contribution in [3.8, 4) is 5.69 Å². The van der Waals surface area contributed by atoms with Gasteiger partial charge in [0.15, 0.2) is 6.29 Å². The third-order valence-corrected chi connectivity index (χ3v) is 8.18. The van der Waals surface area contributed by atoms with Crippen LogP contribution in [0.4, 0.5) is 4.39 Å². The van der Waals surface area contributed by atoms with Crippen LogP contribution in [0.3, 0.4) is 0 Å². The standard InChI is InChI=1S/C28H36FN3O/c1-31(17-20-5-3-2-4-6-20)24-10-7-21(8-11-24)26-18-32(28-16-30-14-13-25(26)28)27-12-9-23(29)15-22(27)19-33/h9,12-13,15-16,18-21,24,30H,2-8,10-11,14,17H2,1H3. The normalized spacial score (nSPS) is 23.4. The van der Waals surface area contributed by atoms with Crippen molar-refractivity contribution in [3.63, 3.8) is 0 Å². The van der Waals surface area contributed by atoms with E-state index in [0.717, 1.165) is 29.8 Å². The molecule has 2 fully saturated rings. The van der Waals surface area contributed by atoms with Gasteiger partial charge in [0.2, 0.25) is 0 Å². The van der Waals surface area contributed by atoms with E-state index in [1.54, 1.807) is 6.07 Å². The second-order valence-corrected chi connectivity index (χ2v) is 10.3. The lowest BCUT2D eigenvalue weighted by molar-refractivity contribution is 0.112. The molecule has 2 aromatic rings. The van der Waals surface area contributed by atoms with Gasteiger partial charge in [-0.15, -0.1) is 0 Å². The summed E-state index contributed by atoms with van der Waals surface area (Å²) in [5.41, 5.74) is 2.49. The molecule has 5 heteroatoms. The van der Waals surface area contributed by atoms with Gasteiger partial charge < -0.3 is 14.8 Å². The first-order valence-electron chi connectivity index (χ1n) is 12.7. The fourth-order valence-electron chi connectivity index (χ4n) is 6.36. The minimum absolute atomic E-state index is 0.381. The van der Waals surface area contributed by atoms with Crippen molar-refractivity contribution in [2.45, 2.75) is 69.7 Å². The summed E-state index contributed by atoms with van der Waals surface area (Å²) in [7, 11) is 2.34. The number of carbonyl (C=O) groups excluding carboxylic acids is 1. The van der Waals surface area contributed by atoms with Crippen LogP contribution in [0.15, 0.2) is 24.4 Å². The fraction of sp³-hybridized carbons (Fsp3) is 0.536. The lowest BCUT2D eigenvalue weighted by atomic mass is 9.81. The number of hydrogen-bond acceptors (Lipinski definition) is 3. The molecular formula is C28H36FN3O. The van der Waals surface area contributed by atoms with Gasteiger partial charge in [-0.05, 0) is 81.2 Å². The molecule has 0 unspecified atom stereocenters. The molecule has 1 aromatic heterocycles. The van der Waals surface area contributed by atoms with Crippen LogP contribution in [-0.2, 0) is 0 Å². The van der Waals surface area contributed by atoms with Gasteiger partial charge in [0.25, 0.3) is 0 Å². The highest BCUT2D eigenvalue weighted by atomic mass is 19.1. The zero-order valence-corrected chi connectivity index (χ0v) is 19.7. The highest BCUT2D eigenvalue weighted by Gasteiger charge is 2.28. The molecule has 2 heterocycles. The second-order valence-electron chi connectivity index (χ2n) is 10.3. The average Bonchev–Trinajstić information content (AvgIpc) is 3.24. The minimum Gasteiger partial charge on any atom is -0.386 e. The lowest BCUT2D eigenvalue weighted by Gasteiger charge is -2.37. The van der Waals surface area contributed by atoms with E-state index in [9.17, 15) is 9.18 Å². The van der Waals surface area contributed by atoms with Gasteiger partial charge in [0.1, 0.15) is 5.82 Å². The molecule has 0 bridgehead atoms. The van der Waals surface area contributed by atoms with Gasteiger partial charge in [0, 0.05) is 42.3 Å². The maximum atomic E-state index is 13.7. The lowest BCUT2D eigenvalue weighted by Crippen LogP contribution is -2.40. The Morgan fingerprint density at radius 3 is 2.67 bits per heavy atom. The number of fused-ring (bicyclic) bond motifs is 1. The SMILES string of the molecule is CN(CC1CCCCC1)C1CCC(c2cn(-c3ccc(F)cc3C=O)c3c2=CCNC=3)CC1. The summed E-state index contributed by atoms with van der Waals surface area (Å²) in [6, 6.07) is 5.16. The third kappa shape index (κ3) is 4.65. The summed E-state index contributed by atoms with van der Waals surface area (Å²) in [4.78, 5) is 14.3. The van der Waals surface area contributed by atoms with Crippen LogP contribution in [0, 0.1) is 11.7 Å². The summed E-state index contributed by atoms with van der Waals surface area (Å²) in [5, 5.41) is 5.64. The molecule has 176 valence electrons. The van der Waals surface area contributed by atoms with Gasteiger partial charge in [-0.3, -0.25) is 4.79 Å². The van der Waals surface area contributed by atoms with Crippen LogP contribution in [0.1, 0.15) is 79.6 Å². The quantitative estimate of drug-likeness (QED) is 0.675. The van der Waals surface area contributed by atoms with E-state index < -0.39 is 0 Å². The van der Waals surface area contributed by atoms with E-state index in [-0.39, 0.29) is 5.82 Å². The van der Waals surface area contributed by atoms with Gasteiger partial charge in [-0.25, -0.2) is 4.39 Å². The Bertz CT molecular complexity index is 1110. The Morgan fingerprint density at radius 2 is 1.91 bits per heavy atom. The summed E-state index contributed by atoms with van der Waals surface area (Å²) >= 11 is 0. The minimum atomic E-state index is -0.383. The maximum Gasteiger partial charge on any atom is 0.152 e. The molecule has 1 aromatic carbocycles. The van der Waals surface area contributed by atoms with E-state index in [4.69, 9.17) is 0 Å². The molecule has 0 atom stereocenters. The fourth-order valence-corrected chi connectivity index (χ4v) is 6.36. The van der Waals surface area contributed by atoms with Crippen LogP contribution in [0.5, 0.6) is 0 Å². The smallest absolute Gasteiger partial charge is 0.152 e. The number of benzene rings is 1. The number of rotatable bonds is 6. The zero-order chi connectivity index (χ0) is 22.8. The number of aromatic nitrogens is 1. The summed E-state index contributed by atoms with van der Waals surface area (Å²) in [6.45, 7) is 2.07. The summed E-state index contributed by atoms with van der Waals surface area (Å²) in [5.74, 6) is 1.04. The first kappa shape index (κ1) is 22.4. The molecule has 2 saturated carbocycles. The molecule has 1 aliphatic heterocycles. The molecule has 3 aliphatic rings. The van der Waals surface area contributed by atoms with Crippen LogP contribution in [0.2, 0.25) is 0 Å². The monoisotopic (exact) mass is 449 g/mol. The highest BCUT2D eigenvalue weighted by Crippen LogP contribution is 2.34.